The number of aliphatic hydroxyl groups is 1. The zero-order valence-corrected chi connectivity index (χ0v) is 18.1. The summed E-state index contributed by atoms with van der Waals surface area (Å²) in [4.78, 5) is 14.5. The van der Waals surface area contributed by atoms with Gasteiger partial charge in [0, 0.05) is 37.1 Å². The maximum atomic E-state index is 10.0. The maximum absolute atomic E-state index is 10.0. The first-order valence-electron chi connectivity index (χ1n) is 8.17. The van der Waals surface area contributed by atoms with Crippen molar-refractivity contribution < 1.29 is 30.0 Å². The molecule has 27 heavy (non-hydrogen) atoms. The molecule has 0 saturated heterocycles. The van der Waals surface area contributed by atoms with Crippen LogP contribution in [0.1, 0.15) is 13.8 Å². The van der Waals surface area contributed by atoms with E-state index in [-0.39, 0.29) is 31.6 Å². The second-order valence-electron chi connectivity index (χ2n) is 5.81. The molecule has 0 amide bonds. The van der Waals surface area contributed by atoms with Gasteiger partial charge in [-0.3, -0.25) is 4.79 Å². The van der Waals surface area contributed by atoms with Gasteiger partial charge >= 0.3 is 0 Å². The standard InChI is InChI=1S/C17H10NS.C5H8O2.Ir/c1-2-10-16-12(6-1)13-7-5-8-14(17(13)19-16)15-9-3-4-11-18-15;1-4(6)3-5(2)7;/h1-7,9-11H;3,6H,1-2H3;/q-1;;/b;4-3-;. The topological polar surface area (TPSA) is 50.2 Å². The van der Waals surface area contributed by atoms with Crippen molar-refractivity contribution in [3.63, 3.8) is 0 Å². The number of pyridine rings is 1. The third-order valence-electron chi connectivity index (χ3n) is 3.67. The average molecular weight is 553 g/mol. The molecule has 2 aromatic heterocycles. The third-order valence-corrected chi connectivity index (χ3v) is 4.88. The molecule has 4 rings (SSSR count). The van der Waals surface area contributed by atoms with Crippen LogP contribution in [0.25, 0.3) is 31.4 Å². The fraction of sp³-hybridized carbons (Fsp3) is 0.0909. The Kier molecular flexibility index (Phi) is 7.43. The molecule has 0 unspecified atom stereocenters. The number of aliphatic hydroxyl groups excluding tert-OH is 1. The van der Waals surface area contributed by atoms with Gasteiger partial charge in [0.15, 0.2) is 5.78 Å². The van der Waals surface area contributed by atoms with E-state index in [1.54, 1.807) is 0 Å². The number of aromatic nitrogens is 1. The molecule has 0 aliphatic carbocycles. The maximum Gasteiger partial charge on any atom is 0.155 e. The number of benzene rings is 2. The Hall–Kier alpha value is -2.33. The van der Waals surface area contributed by atoms with E-state index in [1.165, 1.54) is 40.1 Å². The van der Waals surface area contributed by atoms with Crippen molar-refractivity contribution in [1.29, 1.82) is 0 Å². The van der Waals surface area contributed by atoms with E-state index in [0.29, 0.717) is 0 Å². The van der Waals surface area contributed by atoms with Crippen LogP contribution in [0.3, 0.4) is 0 Å². The molecule has 2 heterocycles. The molecule has 0 saturated carbocycles. The van der Waals surface area contributed by atoms with Crippen LogP contribution in [0, 0.1) is 6.07 Å². The van der Waals surface area contributed by atoms with Gasteiger partial charge in [0.05, 0.1) is 5.76 Å². The molecule has 1 radical (unpaired) electrons. The molecule has 0 aliphatic rings. The van der Waals surface area contributed by atoms with Gasteiger partial charge in [0.1, 0.15) is 0 Å². The summed E-state index contributed by atoms with van der Waals surface area (Å²) in [5, 5.41) is 11.0. The van der Waals surface area contributed by atoms with E-state index < -0.39 is 0 Å². The third kappa shape index (κ3) is 5.10. The Labute approximate surface area is 175 Å². The molecule has 1 N–H and O–H groups in total. The van der Waals surface area contributed by atoms with E-state index in [9.17, 15) is 4.79 Å². The quantitative estimate of drug-likeness (QED) is 0.190. The van der Waals surface area contributed by atoms with Crippen molar-refractivity contribution >= 4 is 37.3 Å². The van der Waals surface area contributed by atoms with Crippen LogP contribution >= 0.6 is 11.3 Å². The molecular weight excluding hydrogens is 535 g/mol. The molecule has 3 nitrogen and oxygen atoms in total. The van der Waals surface area contributed by atoms with Crippen LogP contribution in [-0.2, 0) is 24.9 Å². The molecule has 0 bridgehead atoms. The predicted molar refractivity (Wildman–Crippen MR) is 108 cm³/mol. The van der Waals surface area contributed by atoms with Gasteiger partial charge in [-0.1, -0.05) is 35.7 Å². The zero-order valence-electron chi connectivity index (χ0n) is 14.9. The number of fused-ring (bicyclic) bond motifs is 3. The SMILES string of the molecule is CC(=O)/C=C(/C)O.[Ir].[c-]1ccc2c(sc3ccccc32)c1-c1ccccn1. The predicted octanol–water partition coefficient (Wildman–Crippen LogP) is 5.95. The van der Waals surface area contributed by atoms with Crippen LogP contribution in [-0.4, -0.2) is 15.9 Å². The minimum absolute atomic E-state index is 0. The Morgan fingerprint density at radius 1 is 1.07 bits per heavy atom. The van der Waals surface area contributed by atoms with Crippen LogP contribution in [0.5, 0.6) is 0 Å². The van der Waals surface area contributed by atoms with E-state index >= 15 is 0 Å². The summed E-state index contributed by atoms with van der Waals surface area (Å²) in [5.41, 5.74) is 2.08. The number of rotatable bonds is 2. The second kappa shape index (κ2) is 9.56. The monoisotopic (exact) mass is 553 g/mol. The number of carbonyl (C=O) groups is 1. The van der Waals surface area contributed by atoms with Crippen LogP contribution in [0.2, 0.25) is 0 Å². The molecule has 5 heteroatoms. The molecule has 0 spiro atoms. The van der Waals surface area contributed by atoms with Gasteiger partial charge in [0.25, 0.3) is 0 Å². The summed E-state index contributed by atoms with van der Waals surface area (Å²) in [6.07, 6.45) is 3.00. The first-order chi connectivity index (χ1) is 12.6. The Bertz CT molecular complexity index is 1080. The van der Waals surface area contributed by atoms with Gasteiger partial charge in [-0.15, -0.1) is 23.8 Å². The smallest absolute Gasteiger partial charge is 0.155 e. The molecule has 139 valence electrons. The van der Waals surface area contributed by atoms with Gasteiger partial charge in [-0.25, -0.2) is 0 Å². The molecule has 0 aliphatic heterocycles. The van der Waals surface area contributed by atoms with Crippen LogP contribution < -0.4 is 0 Å². The first-order valence-corrected chi connectivity index (χ1v) is 8.99. The fourth-order valence-corrected chi connectivity index (χ4v) is 3.89. The summed E-state index contributed by atoms with van der Waals surface area (Å²) >= 11 is 1.81. The number of ketones is 1. The second-order valence-corrected chi connectivity index (χ2v) is 6.86. The van der Waals surface area contributed by atoms with Gasteiger partial charge < -0.3 is 10.1 Å². The van der Waals surface area contributed by atoms with Crippen molar-refractivity contribution in [2.24, 2.45) is 0 Å². The van der Waals surface area contributed by atoms with Gasteiger partial charge in [0.2, 0.25) is 0 Å². The van der Waals surface area contributed by atoms with Crippen molar-refractivity contribution in [2.75, 3.05) is 0 Å². The Morgan fingerprint density at radius 2 is 1.81 bits per heavy atom. The summed E-state index contributed by atoms with van der Waals surface area (Å²) in [6.45, 7) is 2.85. The van der Waals surface area contributed by atoms with Crippen molar-refractivity contribution in [3.8, 4) is 11.3 Å². The molecule has 2 aromatic carbocycles. The number of nitrogens with zero attached hydrogens (tertiary/aromatic N) is 1. The fourth-order valence-electron chi connectivity index (χ4n) is 2.69. The van der Waals surface area contributed by atoms with E-state index in [0.717, 1.165) is 11.3 Å². The summed E-state index contributed by atoms with van der Waals surface area (Å²) < 4.78 is 2.58. The van der Waals surface area contributed by atoms with Crippen molar-refractivity contribution in [3.05, 3.63) is 78.7 Å². The van der Waals surface area contributed by atoms with E-state index in [4.69, 9.17) is 5.11 Å². The molecule has 4 aromatic rings. The Morgan fingerprint density at radius 3 is 2.44 bits per heavy atom. The van der Waals surface area contributed by atoms with Gasteiger partial charge in [-0.05, 0) is 41.8 Å². The minimum atomic E-state index is -0.125. The number of hydrogen-bond acceptors (Lipinski definition) is 4. The van der Waals surface area contributed by atoms with E-state index in [1.807, 2.05) is 41.8 Å². The molecule has 0 atom stereocenters. The largest absolute Gasteiger partial charge is 0.512 e. The molecule has 0 fully saturated rings. The number of thiophene rings is 1. The summed E-state index contributed by atoms with van der Waals surface area (Å²) in [6, 6.07) is 22.0. The zero-order chi connectivity index (χ0) is 18.5. The summed E-state index contributed by atoms with van der Waals surface area (Å²) in [5.74, 6) is -0.0625. The average Bonchev–Trinajstić information content (AvgIpc) is 3.00. The van der Waals surface area contributed by atoms with E-state index in [2.05, 4.69) is 41.4 Å². The molecular formula is C22H18IrNO2S-. The normalized spacial score (nSPS) is 10.8. The van der Waals surface area contributed by atoms with Crippen molar-refractivity contribution in [1.82, 2.24) is 4.98 Å². The van der Waals surface area contributed by atoms with Crippen molar-refractivity contribution in [2.45, 2.75) is 13.8 Å². The Balaban J connectivity index is 0.000000285. The summed E-state index contributed by atoms with van der Waals surface area (Å²) in [7, 11) is 0. The number of hydrogen-bond donors (Lipinski definition) is 1. The number of allylic oxidation sites excluding steroid dienone is 2. The first kappa shape index (κ1) is 21.0. The van der Waals surface area contributed by atoms with Crippen LogP contribution in [0.15, 0.2) is 72.6 Å². The van der Waals surface area contributed by atoms with Crippen LogP contribution in [0.4, 0.5) is 0 Å². The van der Waals surface area contributed by atoms with Gasteiger partial charge in [-0.2, -0.15) is 11.3 Å². The minimum Gasteiger partial charge on any atom is -0.512 e. The number of carbonyl (C=O) groups excluding carboxylic acids is 1.